The monoisotopic (exact) mass is 648 g/mol. The minimum absolute atomic E-state index is 0.872. The first kappa shape index (κ1) is 28.3. The predicted octanol–water partition coefficient (Wildman–Crippen LogP) is 13.2. The minimum atomic E-state index is 0.872. The van der Waals surface area contributed by atoms with Gasteiger partial charge in [0.05, 0.1) is 11.0 Å². The molecule has 0 radical (unpaired) electrons. The molecule has 1 aliphatic rings. The van der Waals surface area contributed by atoms with Gasteiger partial charge in [-0.1, -0.05) is 140 Å². The van der Waals surface area contributed by atoms with E-state index in [0.29, 0.717) is 0 Å². The first-order valence-electron chi connectivity index (χ1n) is 17.9. The quantitative estimate of drug-likeness (QED) is 0.174. The summed E-state index contributed by atoms with van der Waals surface area (Å²) in [4.78, 5) is 4.93. The molecule has 2 nitrogen and oxygen atoms in total. The van der Waals surface area contributed by atoms with Crippen LogP contribution in [0.3, 0.4) is 0 Å². The summed E-state index contributed by atoms with van der Waals surface area (Å²) in [6.07, 6.45) is 0.872. The first-order chi connectivity index (χ1) is 25.3. The molecule has 1 heterocycles. The third-order valence-electron chi connectivity index (χ3n) is 11.1. The van der Waals surface area contributed by atoms with Crippen LogP contribution in [0.2, 0.25) is 0 Å². The second kappa shape index (κ2) is 10.7. The van der Waals surface area contributed by atoms with E-state index in [1.165, 1.54) is 87.6 Å². The highest BCUT2D eigenvalue weighted by Gasteiger charge is 2.24. The summed E-state index contributed by atoms with van der Waals surface area (Å²) >= 11 is 0. The van der Waals surface area contributed by atoms with Crippen molar-refractivity contribution >= 4 is 54.1 Å². The summed E-state index contributed by atoms with van der Waals surface area (Å²) in [6.45, 7) is 2.18. The van der Waals surface area contributed by atoms with Crippen molar-refractivity contribution in [2.24, 2.45) is 0 Å². The Labute approximate surface area is 295 Å². The number of para-hydroxylation sites is 2. The molecule has 0 spiro atoms. The molecule has 238 valence electrons. The van der Waals surface area contributed by atoms with Crippen molar-refractivity contribution in [2.75, 3.05) is 0 Å². The number of aromatic nitrogens is 2. The highest BCUT2D eigenvalue weighted by molar-refractivity contribution is 6.26. The molecule has 51 heavy (non-hydrogen) atoms. The number of fused-ring (bicyclic) bond motifs is 7. The van der Waals surface area contributed by atoms with Crippen molar-refractivity contribution in [1.29, 1.82) is 0 Å². The average molecular weight is 649 g/mol. The van der Waals surface area contributed by atoms with E-state index < -0.39 is 0 Å². The fourth-order valence-electron chi connectivity index (χ4n) is 8.88. The number of benzene rings is 9. The first-order valence-corrected chi connectivity index (χ1v) is 17.9. The van der Waals surface area contributed by atoms with E-state index in [0.717, 1.165) is 29.0 Å². The molecule has 0 amide bonds. The maximum absolute atomic E-state index is 4.93. The summed E-state index contributed by atoms with van der Waals surface area (Å²) in [6, 6.07) is 60.5. The van der Waals surface area contributed by atoms with Crippen LogP contribution in [0.4, 0.5) is 0 Å². The SMILES string of the molecule is CCc1nc2ccccc2n1-c1ccc2cc(-c3c4ccccc4c(-c4ccc5c6c(cccc46)-c4ccccc4-5)c4ccccc34)ccc2c1. The molecular weight excluding hydrogens is 617 g/mol. The molecule has 0 unspecified atom stereocenters. The number of imidazole rings is 1. The van der Waals surface area contributed by atoms with Gasteiger partial charge in [-0.25, -0.2) is 4.98 Å². The normalized spacial score (nSPS) is 12.1. The largest absolute Gasteiger partial charge is 0.296 e. The number of aryl methyl sites for hydroxylation is 1. The number of nitrogens with zero attached hydrogens (tertiary/aromatic N) is 2. The Balaban J connectivity index is 1.13. The van der Waals surface area contributed by atoms with Crippen molar-refractivity contribution in [3.63, 3.8) is 0 Å². The fraction of sp³-hybridized carbons (Fsp3) is 0.0408. The molecule has 2 heteroatoms. The van der Waals surface area contributed by atoms with Gasteiger partial charge in [-0.15, -0.1) is 0 Å². The summed E-state index contributed by atoms with van der Waals surface area (Å²) in [5.41, 5.74) is 13.7. The van der Waals surface area contributed by atoms with E-state index in [1.807, 2.05) is 0 Å². The van der Waals surface area contributed by atoms with E-state index >= 15 is 0 Å². The standard InChI is InChI=1S/C49H32N2/c1-2-46-50-44-20-9-10-21-45(44)51(46)33-25-24-30-28-32(23-22-31(30)29-33)47-37-14-5-7-16-39(37)49(40-17-8-6-15-38(40)47)43-27-26-42-35-13-4-3-12-34(35)36-18-11-19-41(43)48(36)42/h3-29H,2H2,1H3. The fourth-order valence-corrected chi connectivity index (χ4v) is 8.88. The number of hydrogen-bond acceptors (Lipinski definition) is 1. The molecule has 10 aromatic rings. The van der Waals surface area contributed by atoms with E-state index in [1.54, 1.807) is 0 Å². The van der Waals surface area contributed by atoms with Crippen molar-refractivity contribution < 1.29 is 0 Å². The maximum atomic E-state index is 4.93. The molecule has 0 bridgehead atoms. The molecule has 0 N–H and O–H groups in total. The van der Waals surface area contributed by atoms with Gasteiger partial charge in [0.1, 0.15) is 5.82 Å². The Morgan fingerprint density at radius 1 is 0.451 bits per heavy atom. The van der Waals surface area contributed by atoms with Gasteiger partial charge in [-0.3, -0.25) is 4.57 Å². The van der Waals surface area contributed by atoms with E-state index in [-0.39, 0.29) is 0 Å². The van der Waals surface area contributed by atoms with Crippen LogP contribution in [0.1, 0.15) is 12.7 Å². The topological polar surface area (TPSA) is 17.8 Å². The zero-order valence-corrected chi connectivity index (χ0v) is 28.2. The summed E-state index contributed by atoms with van der Waals surface area (Å²) in [7, 11) is 0. The van der Waals surface area contributed by atoms with Crippen molar-refractivity contribution in [3.05, 3.63) is 170 Å². The lowest BCUT2D eigenvalue weighted by atomic mass is 9.84. The highest BCUT2D eigenvalue weighted by Crippen LogP contribution is 2.51. The Hall–Kier alpha value is -6.51. The van der Waals surface area contributed by atoms with Crippen LogP contribution in [0.25, 0.3) is 104 Å². The molecular formula is C49H32N2. The Bertz CT molecular complexity index is 2980. The molecule has 9 aromatic carbocycles. The van der Waals surface area contributed by atoms with Gasteiger partial charge in [0, 0.05) is 12.1 Å². The summed E-state index contributed by atoms with van der Waals surface area (Å²) < 4.78 is 2.31. The van der Waals surface area contributed by atoms with Gasteiger partial charge in [-0.05, 0) is 118 Å². The van der Waals surface area contributed by atoms with Crippen molar-refractivity contribution in [2.45, 2.75) is 13.3 Å². The Morgan fingerprint density at radius 3 is 1.76 bits per heavy atom. The Kier molecular flexibility index (Phi) is 5.97. The number of hydrogen-bond donors (Lipinski definition) is 0. The van der Waals surface area contributed by atoms with Crippen molar-refractivity contribution in [3.8, 4) is 50.2 Å². The third kappa shape index (κ3) is 4.02. The zero-order valence-electron chi connectivity index (χ0n) is 28.2. The lowest BCUT2D eigenvalue weighted by molar-refractivity contribution is 0.909. The van der Waals surface area contributed by atoms with Crippen LogP contribution in [0, 0.1) is 0 Å². The van der Waals surface area contributed by atoms with Gasteiger partial charge < -0.3 is 0 Å². The second-order valence-corrected chi connectivity index (χ2v) is 13.7. The van der Waals surface area contributed by atoms with Gasteiger partial charge >= 0.3 is 0 Å². The molecule has 1 aromatic heterocycles. The lowest BCUT2D eigenvalue weighted by Crippen LogP contribution is -2.00. The third-order valence-corrected chi connectivity index (χ3v) is 11.1. The van der Waals surface area contributed by atoms with Gasteiger partial charge in [-0.2, -0.15) is 0 Å². The van der Waals surface area contributed by atoms with Gasteiger partial charge in [0.2, 0.25) is 0 Å². The van der Waals surface area contributed by atoms with Crippen LogP contribution in [0.5, 0.6) is 0 Å². The zero-order chi connectivity index (χ0) is 33.6. The maximum Gasteiger partial charge on any atom is 0.114 e. The molecule has 1 aliphatic carbocycles. The van der Waals surface area contributed by atoms with Gasteiger partial charge in [0.15, 0.2) is 0 Å². The molecule has 0 fully saturated rings. The highest BCUT2D eigenvalue weighted by atomic mass is 15.1. The minimum Gasteiger partial charge on any atom is -0.296 e. The van der Waals surface area contributed by atoms with Crippen LogP contribution in [0.15, 0.2) is 164 Å². The van der Waals surface area contributed by atoms with Crippen LogP contribution in [-0.4, -0.2) is 9.55 Å². The lowest BCUT2D eigenvalue weighted by Gasteiger charge is -2.19. The van der Waals surface area contributed by atoms with Crippen LogP contribution in [-0.2, 0) is 6.42 Å². The predicted molar refractivity (Wildman–Crippen MR) is 216 cm³/mol. The van der Waals surface area contributed by atoms with Crippen LogP contribution >= 0.6 is 0 Å². The van der Waals surface area contributed by atoms with Crippen molar-refractivity contribution in [1.82, 2.24) is 9.55 Å². The van der Waals surface area contributed by atoms with E-state index in [4.69, 9.17) is 4.98 Å². The molecule has 0 saturated heterocycles. The Morgan fingerprint density at radius 2 is 1.02 bits per heavy atom. The molecule has 0 aliphatic heterocycles. The van der Waals surface area contributed by atoms with E-state index in [9.17, 15) is 0 Å². The van der Waals surface area contributed by atoms with E-state index in [2.05, 4.69) is 175 Å². The van der Waals surface area contributed by atoms with Gasteiger partial charge in [0.25, 0.3) is 0 Å². The van der Waals surface area contributed by atoms with Crippen LogP contribution < -0.4 is 0 Å². The molecule has 0 saturated carbocycles. The average Bonchev–Trinajstić information content (AvgIpc) is 3.74. The smallest absolute Gasteiger partial charge is 0.114 e. The number of rotatable bonds is 4. The molecule has 0 atom stereocenters. The second-order valence-electron chi connectivity index (χ2n) is 13.7. The summed E-state index contributed by atoms with van der Waals surface area (Å²) in [5.74, 6) is 1.08. The summed E-state index contributed by atoms with van der Waals surface area (Å²) in [5, 5.41) is 10.2. The molecule has 11 rings (SSSR count).